The maximum Gasteiger partial charge on any atom is 0.229 e. The molecule has 0 unspecified atom stereocenters. The first kappa shape index (κ1) is 11.4. The van der Waals surface area contributed by atoms with Crippen molar-refractivity contribution in [3.8, 4) is 0 Å². The zero-order valence-electron chi connectivity index (χ0n) is 9.42. The Morgan fingerprint density at radius 2 is 2.22 bits per heavy atom. The van der Waals surface area contributed by atoms with Crippen LogP contribution in [-0.4, -0.2) is 10.9 Å². The van der Waals surface area contributed by atoms with Crippen LogP contribution in [0.3, 0.4) is 0 Å². The quantitative estimate of drug-likeness (QED) is 0.793. The minimum absolute atomic E-state index is 0.0151. The van der Waals surface area contributed by atoms with Crippen LogP contribution in [0.2, 0.25) is 0 Å². The molecule has 0 aliphatic rings. The summed E-state index contributed by atoms with van der Waals surface area (Å²) in [6.45, 7) is 0. The van der Waals surface area contributed by atoms with Gasteiger partial charge in [0.1, 0.15) is 0 Å². The third kappa shape index (κ3) is 2.42. The van der Waals surface area contributed by atoms with Crippen molar-refractivity contribution in [2.24, 2.45) is 0 Å². The first-order valence-corrected chi connectivity index (χ1v) is 7.23. The highest BCUT2D eigenvalue weighted by Gasteiger charge is 2.06. The highest BCUT2D eigenvalue weighted by molar-refractivity contribution is 7.16. The van der Waals surface area contributed by atoms with Crippen molar-refractivity contribution in [1.82, 2.24) is 4.98 Å². The first-order valence-electron chi connectivity index (χ1n) is 5.47. The lowest BCUT2D eigenvalue weighted by Crippen LogP contribution is -2.13. The van der Waals surface area contributed by atoms with Gasteiger partial charge >= 0.3 is 0 Å². The number of thiophene rings is 1. The zero-order chi connectivity index (χ0) is 12.4. The number of hydrogen-bond donors (Lipinski definition) is 1. The van der Waals surface area contributed by atoms with E-state index in [9.17, 15) is 4.79 Å². The van der Waals surface area contributed by atoms with E-state index in [1.807, 2.05) is 41.2 Å². The molecule has 0 fully saturated rings. The molecule has 0 aliphatic carbocycles. The molecule has 0 aliphatic heterocycles. The average molecular weight is 274 g/mol. The minimum Gasteiger partial charge on any atom is -0.326 e. The Morgan fingerprint density at radius 1 is 1.28 bits per heavy atom. The molecule has 5 heteroatoms. The molecule has 3 nitrogen and oxygen atoms in total. The molecule has 3 rings (SSSR count). The van der Waals surface area contributed by atoms with Gasteiger partial charge in [-0.25, -0.2) is 4.98 Å². The van der Waals surface area contributed by atoms with E-state index in [1.165, 1.54) is 0 Å². The lowest BCUT2D eigenvalue weighted by molar-refractivity contribution is -0.115. The molecule has 0 spiro atoms. The zero-order valence-corrected chi connectivity index (χ0v) is 11.1. The Labute approximate surface area is 112 Å². The number of amides is 1. The number of carbonyl (C=O) groups is 1. The Hall–Kier alpha value is -1.72. The van der Waals surface area contributed by atoms with Crippen molar-refractivity contribution >= 4 is 44.5 Å². The fourth-order valence-electron chi connectivity index (χ4n) is 1.71. The molecule has 0 saturated heterocycles. The predicted molar refractivity (Wildman–Crippen MR) is 76.3 cm³/mol. The molecule has 0 atom stereocenters. The monoisotopic (exact) mass is 274 g/mol. The molecule has 1 amide bonds. The summed E-state index contributed by atoms with van der Waals surface area (Å²) >= 11 is 3.17. The summed E-state index contributed by atoms with van der Waals surface area (Å²) in [7, 11) is 0. The van der Waals surface area contributed by atoms with Crippen molar-refractivity contribution < 1.29 is 4.79 Å². The third-order valence-electron chi connectivity index (χ3n) is 2.53. The van der Waals surface area contributed by atoms with Gasteiger partial charge in [0.2, 0.25) is 5.91 Å². The van der Waals surface area contributed by atoms with E-state index in [0.717, 1.165) is 20.8 Å². The second kappa shape index (κ2) is 4.88. The van der Waals surface area contributed by atoms with Gasteiger partial charge in [-0.3, -0.25) is 4.79 Å². The smallest absolute Gasteiger partial charge is 0.229 e. The van der Waals surface area contributed by atoms with E-state index in [0.29, 0.717) is 6.42 Å². The summed E-state index contributed by atoms with van der Waals surface area (Å²) in [6.07, 6.45) is 0.429. The summed E-state index contributed by atoms with van der Waals surface area (Å²) in [5, 5.41) is 4.89. The van der Waals surface area contributed by atoms with Crippen LogP contribution < -0.4 is 5.32 Å². The second-order valence-electron chi connectivity index (χ2n) is 3.84. The van der Waals surface area contributed by atoms with Crippen LogP contribution in [0, 0.1) is 0 Å². The minimum atomic E-state index is 0.0151. The lowest BCUT2D eigenvalue weighted by atomic mass is 10.2. The van der Waals surface area contributed by atoms with Crippen molar-refractivity contribution in [2.45, 2.75) is 6.42 Å². The van der Waals surface area contributed by atoms with Crippen LogP contribution in [0.1, 0.15) is 4.88 Å². The standard InChI is InChI=1S/C13H10N2OS2/c16-13(7-10-2-1-5-17-10)15-9-3-4-11-12(6-9)18-8-14-11/h1-6,8H,7H2,(H,15,16). The lowest BCUT2D eigenvalue weighted by Gasteiger charge is -2.03. The van der Waals surface area contributed by atoms with Crippen molar-refractivity contribution in [2.75, 3.05) is 5.32 Å². The number of aromatic nitrogens is 1. The fourth-order valence-corrected chi connectivity index (χ4v) is 3.13. The normalized spacial score (nSPS) is 10.7. The molecule has 90 valence electrons. The van der Waals surface area contributed by atoms with Crippen LogP contribution in [0.25, 0.3) is 10.2 Å². The number of fused-ring (bicyclic) bond motifs is 1. The molecule has 0 bridgehead atoms. The maximum atomic E-state index is 11.8. The van der Waals surface area contributed by atoms with E-state index in [4.69, 9.17) is 0 Å². The molecule has 1 N–H and O–H groups in total. The fraction of sp³-hybridized carbons (Fsp3) is 0.0769. The topological polar surface area (TPSA) is 42.0 Å². The van der Waals surface area contributed by atoms with Gasteiger partial charge in [0, 0.05) is 10.6 Å². The van der Waals surface area contributed by atoms with Crippen LogP contribution in [-0.2, 0) is 11.2 Å². The van der Waals surface area contributed by atoms with Crippen LogP contribution in [0.15, 0.2) is 41.2 Å². The summed E-state index contributed by atoms with van der Waals surface area (Å²) < 4.78 is 1.09. The van der Waals surface area contributed by atoms with Gasteiger partial charge in [-0.2, -0.15) is 0 Å². The molecular weight excluding hydrogens is 264 g/mol. The number of nitrogens with one attached hydrogen (secondary N) is 1. The van der Waals surface area contributed by atoms with Crippen LogP contribution in [0.4, 0.5) is 5.69 Å². The van der Waals surface area contributed by atoms with Gasteiger partial charge in [0.25, 0.3) is 0 Å². The van der Waals surface area contributed by atoms with E-state index in [2.05, 4.69) is 10.3 Å². The van der Waals surface area contributed by atoms with E-state index < -0.39 is 0 Å². The van der Waals surface area contributed by atoms with Gasteiger partial charge < -0.3 is 5.32 Å². The molecule has 0 radical (unpaired) electrons. The molecule has 3 aromatic rings. The third-order valence-corrected chi connectivity index (χ3v) is 4.20. The van der Waals surface area contributed by atoms with Gasteiger partial charge in [0.15, 0.2) is 0 Å². The molecule has 18 heavy (non-hydrogen) atoms. The maximum absolute atomic E-state index is 11.8. The molecule has 2 heterocycles. The average Bonchev–Trinajstić information content (AvgIpc) is 2.98. The number of nitrogens with zero attached hydrogens (tertiary/aromatic N) is 1. The summed E-state index contributed by atoms with van der Waals surface area (Å²) in [4.78, 5) is 17.1. The van der Waals surface area contributed by atoms with Gasteiger partial charge in [-0.05, 0) is 29.6 Å². The highest BCUT2D eigenvalue weighted by atomic mass is 32.1. The number of thiazole rings is 1. The van der Waals surface area contributed by atoms with E-state index in [1.54, 1.807) is 22.7 Å². The van der Waals surface area contributed by atoms with Gasteiger partial charge in [0.05, 0.1) is 22.1 Å². The summed E-state index contributed by atoms with van der Waals surface area (Å²) in [5.41, 5.74) is 3.60. The number of rotatable bonds is 3. The summed E-state index contributed by atoms with van der Waals surface area (Å²) in [5.74, 6) is 0.0151. The summed E-state index contributed by atoms with van der Waals surface area (Å²) in [6, 6.07) is 9.69. The SMILES string of the molecule is O=C(Cc1cccs1)Nc1ccc2ncsc2c1. The Morgan fingerprint density at radius 3 is 3.06 bits per heavy atom. The van der Waals surface area contributed by atoms with E-state index >= 15 is 0 Å². The van der Waals surface area contributed by atoms with Crippen molar-refractivity contribution in [1.29, 1.82) is 0 Å². The molecular formula is C13H10N2OS2. The Kier molecular flexibility index (Phi) is 3.08. The van der Waals surface area contributed by atoms with E-state index in [-0.39, 0.29) is 5.91 Å². The van der Waals surface area contributed by atoms with Gasteiger partial charge in [-0.1, -0.05) is 6.07 Å². The predicted octanol–water partition coefficient (Wildman–Crippen LogP) is 3.54. The largest absolute Gasteiger partial charge is 0.326 e. The van der Waals surface area contributed by atoms with Gasteiger partial charge in [-0.15, -0.1) is 22.7 Å². The Bertz CT molecular complexity index is 673. The highest BCUT2D eigenvalue weighted by Crippen LogP contribution is 2.22. The van der Waals surface area contributed by atoms with Crippen molar-refractivity contribution in [3.63, 3.8) is 0 Å². The van der Waals surface area contributed by atoms with Crippen LogP contribution in [0.5, 0.6) is 0 Å². The molecule has 1 aromatic carbocycles. The Balaban J connectivity index is 1.73. The first-order chi connectivity index (χ1) is 8.81. The second-order valence-corrected chi connectivity index (χ2v) is 5.76. The number of benzene rings is 1. The number of hydrogen-bond acceptors (Lipinski definition) is 4. The number of carbonyl (C=O) groups excluding carboxylic acids is 1. The molecule has 2 aromatic heterocycles. The number of anilines is 1. The van der Waals surface area contributed by atoms with Crippen LogP contribution >= 0.6 is 22.7 Å². The molecule has 0 saturated carbocycles. The van der Waals surface area contributed by atoms with Crippen molar-refractivity contribution in [3.05, 3.63) is 46.1 Å².